The second-order valence-corrected chi connectivity index (χ2v) is 5.25. The summed E-state index contributed by atoms with van der Waals surface area (Å²) >= 11 is 0. The molecule has 0 saturated heterocycles. The normalized spacial score (nSPS) is 10.3. The molecule has 0 atom stereocenters. The molecule has 7 heteroatoms. The number of hydrogen-bond donors (Lipinski definition) is 2. The van der Waals surface area contributed by atoms with E-state index in [1.165, 1.54) is 18.5 Å². The van der Waals surface area contributed by atoms with E-state index >= 15 is 0 Å². The summed E-state index contributed by atoms with van der Waals surface area (Å²) in [5.74, 6) is -2.17. The SMILES string of the molecule is O=C(NCc1ccncc1)c1cncc(Nc2ccc(F)c(F)c2)c1. The first-order valence-corrected chi connectivity index (χ1v) is 7.46. The van der Waals surface area contributed by atoms with Crippen LogP contribution in [0.1, 0.15) is 15.9 Å². The molecule has 0 bridgehead atoms. The molecule has 0 aliphatic carbocycles. The van der Waals surface area contributed by atoms with Gasteiger partial charge in [-0.05, 0) is 35.9 Å². The van der Waals surface area contributed by atoms with Crippen LogP contribution in [0.25, 0.3) is 0 Å². The summed E-state index contributed by atoms with van der Waals surface area (Å²) in [6, 6.07) is 8.64. The van der Waals surface area contributed by atoms with Crippen molar-refractivity contribution in [3.8, 4) is 0 Å². The third kappa shape index (κ3) is 4.35. The van der Waals surface area contributed by atoms with Gasteiger partial charge in [-0.3, -0.25) is 14.8 Å². The number of nitrogens with one attached hydrogen (secondary N) is 2. The fourth-order valence-corrected chi connectivity index (χ4v) is 2.16. The summed E-state index contributed by atoms with van der Waals surface area (Å²) in [5, 5.41) is 5.66. The molecule has 3 rings (SSSR count). The molecule has 0 unspecified atom stereocenters. The Morgan fingerprint density at radius 3 is 2.48 bits per heavy atom. The Morgan fingerprint density at radius 1 is 0.920 bits per heavy atom. The smallest absolute Gasteiger partial charge is 0.253 e. The minimum Gasteiger partial charge on any atom is -0.354 e. The first-order valence-electron chi connectivity index (χ1n) is 7.46. The summed E-state index contributed by atoms with van der Waals surface area (Å²) in [6.45, 7) is 0.363. The van der Waals surface area contributed by atoms with Crippen LogP contribution in [0.15, 0.2) is 61.2 Å². The zero-order chi connectivity index (χ0) is 17.6. The molecule has 3 aromatic rings. The van der Waals surface area contributed by atoms with Crippen molar-refractivity contribution in [3.05, 3.63) is 83.9 Å². The lowest BCUT2D eigenvalue weighted by Crippen LogP contribution is -2.23. The highest BCUT2D eigenvalue weighted by Crippen LogP contribution is 2.19. The first kappa shape index (κ1) is 16.5. The fourth-order valence-electron chi connectivity index (χ4n) is 2.16. The maximum absolute atomic E-state index is 13.3. The van der Waals surface area contributed by atoms with Crippen LogP contribution in [0.5, 0.6) is 0 Å². The molecule has 0 aliphatic heterocycles. The van der Waals surface area contributed by atoms with Gasteiger partial charge in [0.1, 0.15) is 0 Å². The van der Waals surface area contributed by atoms with Crippen molar-refractivity contribution in [1.82, 2.24) is 15.3 Å². The van der Waals surface area contributed by atoms with Gasteiger partial charge in [0, 0.05) is 36.9 Å². The van der Waals surface area contributed by atoms with Crippen LogP contribution in [0, 0.1) is 11.6 Å². The lowest BCUT2D eigenvalue weighted by atomic mass is 10.2. The van der Waals surface area contributed by atoms with Crippen molar-refractivity contribution < 1.29 is 13.6 Å². The second kappa shape index (κ2) is 7.48. The number of pyridine rings is 2. The molecule has 2 N–H and O–H groups in total. The van der Waals surface area contributed by atoms with Gasteiger partial charge in [-0.2, -0.15) is 0 Å². The first-order chi connectivity index (χ1) is 12.1. The average Bonchev–Trinajstić information content (AvgIpc) is 2.64. The molecule has 0 spiro atoms. The highest BCUT2D eigenvalue weighted by atomic mass is 19.2. The number of amides is 1. The van der Waals surface area contributed by atoms with Gasteiger partial charge in [0.25, 0.3) is 5.91 Å². The predicted molar refractivity (Wildman–Crippen MR) is 89.3 cm³/mol. The Kier molecular flexibility index (Phi) is 4.94. The number of carbonyl (C=O) groups excluding carboxylic acids is 1. The monoisotopic (exact) mass is 340 g/mol. The van der Waals surface area contributed by atoms with E-state index in [2.05, 4.69) is 20.6 Å². The molecular weight excluding hydrogens is 326 g/mol. The van der Waals surface area contributed by atoms with E-state index in [9.17, 15) is 13.6 Å². The summed E-state index contributed by atoms with van der Waals surface area (Å²) < 4.78 is 26.2. The van der Waals surface area contributed by atoms with Crippen LogP contribution in [0.2, 0.25) is 0 Å². The van der Waals surface area contributed by atoms with Gasteiger partial charge in [0.05, 0.1) is 17.4 Å². The van der Waals surface area contributed by atoms with Crippen LogP contribution in [0.3, 0.4) is 0 Å². The number of halogens is 2. The van der Waals surface area contributed by atoms with Gasteiger partial charge in [0.2, 0.25) is 0 Å². The van der Waals surface area contributed by atoms with Crippen LogP contribution in [0.4, 0.5) is 20.2 Å². The Bertz CT molecular complexity index is 887. The number of carbonyl (C=O) groups is 1. The standard InChI is InChI=1S/C18H14F2N4O/c19-16-2-1-14(8-17(16)20)24-15-7-13(10-22-11-15)18(25)23-9-12-3-5-21-6-4-12/h1-8,10-11,24H,9H2,(H,23,25). The third-order valence-electron chi connectivity index (χ3n) is 3.41. The lowest BCUT2D eigenvalue weighted by molar-refractivity contribution is 0.0950. The van der Waals surface area contributed by atoms with Gasteiger partial charge in [-0.1, -0.05) is 0 Å². The molecule has 1 aromatic carbocycles. The van der Waals surface area contributed by atoms with E-state index < -0.39 is 11.6 Å². The number of nitrogens with zero attached hydrogens (tertiary/aromatic N) is 2. The summed E-state index contributed by atoms with van der Waals surface area (Å²) in [7, 11) is 0. The van der Waals surface area contributed by atoms with Gasteiger partial charge >= 0.3 is 0 Å². The molecule has 126 valence electrons. The summed E-state index contributed by atoms with van der Waals surface area (Å²) in [6.07, 6.45) is 6.21. The van der Waals surface area contributed by atoms with Gasteiger partial charge in [0.15, 0.2) is 11.6 Å². The van der Waals surface area contributed by atoms with Gasteiger partial charge in [-0.25, -0.2) is 8.78 Å². The van der Waals surface area contributed by atoms with Crippen molar-refractivity contribution >= 4 is 17.3 Å². The zero-order valence-electron chi connectivity index (χ0n) is 13.0. The quantitative estimate of drug-likeness (QED) is 0.747. The van der Waals surface area contributed by atoms with Crippen LogP contribution in [-0.2, 0) is 6.54 Å². The molecule has 5 nitrogen and oxygen atoms in total. The molecule has 0 aliphatic rings. The fraction of sp³-hybridized carbons (Fsp3) is 0.0556. The number of anilines is 2. The Balaban J connectivity index is 1.68. The molecule has 1 amide bonds. The van der Waals surface area contributed by atoms with E-state index in [1.54, 1.807) is 30.6 Å². The van der Waals surface area contributed by atoms with Crippen LogP contribution in [-0.4, -0.2) is 15.9 Å². The Labute approximate surface area is 142 Å². The predicted octanol–water partition coefficient (Wildman–Crippen LogP) is 3.43. The minimum absolute atomic E-state index is 0.293. The Hall–Kier alpha value is -3.35. The second-order valence-electron chi connectivity index (χ2n) is 5.25. The van der Waals surface area contributed by atoms with E-state index in [1.807, 2.05) is 0 Å². The van der Waals surface area contributed by atoms with E-state index in [-0.39, 0.29) is 5.91 Å². The van der Waals surface area contributed by atoms with Crippen molar-refractivity contribution in [3.63, 3.8) is 0 Å². The molecule has 0 fully saturated rings. The number of benzene rings is 1. The van der Waals surface area contributed by atoms with Crippen molar-refractivity contribution in [2.45, 2.75) is 6.54 Å². The van der Waals surface area contributed by atoms with Crippen molar-refractivity contribution in [2.75, 3.05) is 5.32 Å². The molecular formula is C18H14F2N4O. The largest absolute Gasteiger partial charge is 0.354 e. The topological polar surface area (TPSA) is 66.9 Å². The molecule has 2 heterocycles. The van der Waals surface area contributed by atoms with Crippen LogP contribution < -0.4 is 10.6 Å². The number of rotatable bonds is 5. The van der Waals surface area contributed by atoms with E-state index in [0.717, 1.165) is 17.7 Å². The zero-order valence-corrected chi connectivity index (χ0v) is 13.0. The molecule has 25 heavy (non-hydrogen) atoms. The highest BCUT2D eigenvalue weighted by molar-refractivity contribution is 5.94. The van der Waals surface area contributed by atoms with E-state index in [0.29, 0.717) is 23.5 Å². The van der Waals surface area contributed by atoms with Gasteiger partial charge < -0.3 is 10.6 Å². The number of aromatic nitrogens is 2. The highest BCUT2D eigenvalue weighted by Gasteiger charge is 2.08. The summed E-state index contributed by atoms with van der Waals surface area (Å²) in [5.41, 5.74) is 2.12. The molecule has 2 aromatic heterocycles. The van der Waals surface area contributed by atoms with Crippen molar-refractivity contribution in [1.29, 1.82) is 0 Å². The van der Waals surface area contributed by atoms with Gasteiger partial charge in [-0.15, -0.1) is 0 Å². The maximum atomic E-state index is 13.3. The molecule has 0 saturated carbocycles. The van der Waals surface area contributed by atoms with E-state index in [4.69, 9.17) is 0 Å². The number of hydrogen-bond acceptors (Lipinski definition) is 4. The average molecular weight is 340 g/mol. The molecule has 0 radical (unpaired) electrons. The van der Waals surface area contributed by atoms with Crippen molar-refractivity contribution in [2.24, 2.45) is 0 Å². The Morgan fingerprint density at radius 2 is 1.72 bits per heavy atom. The minimum atomic E-state index is -0.954. The summed E-state index contributed by atoms with van der Waals surface area (Å²) in [4.78, 5) is 20.1. The lowest BCUT2D eigenvalue weighted by Gasteiger charge is -2.09. The third-order valence-corrected chi connectivity index (χ3v) is 3.41. The maximum Gasteiger partial charge on any atom is 0.253 e. The van der Waals surface area contributed by atoms with Crippen LogP contribution >= 0.6 is 0 Å².